The van der Waals surface area contributed by atoms with Crippen LogP contribution in [0.4, 0.5) is 10.5 Å². The predicted octanol–water partition coefficient (Wildman–Crippen LogP) is 4.99. The second-order valence-corrected chi connectivity index (χ2v) is 8.86. The van der Waals surface area contributed by atoms with Crippen LogP contribution in [-0.2, 0) is 14.3 Å². The molecule has 0 unspecified atom stereocenters. The number of halogens is 1. The first-order valence-electron chi connectivity index (χ1n) is 11.1. The molecule has 0 atom stereocenters. The Kier molecular flexibility index (Phi) is 9.38. The molecule has 11 heteroatoms. The Hall–Kier alpha value is -3.50. The van der Waals surface area contributed by atoms with E-state index in [-0.39, 0.29) is 27.8 Å². The normalized spacial score (nSPS) is 14.2. The smallest absolute Gasteiger partial charge is 0.339 e. The lowest BCUT2D eigenvalue weighted by Crippen LogP contribution is -2.36. The molecule has 2 aromatic carbocycles. The number of anilines is 1. The number of esters is 1. The molecule has 0 aromatic heterocycles. The molecular weight excluding hydrogens is 508 g/mol. The number of nitrogens with zero attached hydrogens (tertiary/aromatic N) is 1. The van der Waals surface area contributed by atoms with Gasteiger partial charge in [0, 0.05) is 11.3 Å². The fourth-order valence-electron chi connectivity index (χ4n) is 3.26. The van der Waals surface area contributed by atoms with Crippen LogP contribution in [0.3, 0.4) is 0 Å². The van der Waals surface area contributed by atoms with E-state index >= 15 is 0 Å². The maximum atomic E-state index is 12.9. The van der Waals surface area contributed by atoms with Crippen molar-refractivity contribution in [1.82, 2.24) is 4.90 Å². The minimum Gasteiger partial charge on any atom is -0.493 e. The van der Waals surface area contributed by atoms with Crippen molar-refractivity contribution in [3.05, 3.63) is 57.5 Å². The summed E-state index contributed by atoms with van der Waals surface area (Å²) in [4.78, 5) is 51.2. The van der Waals surface area contributed by atoms with Crippen molar-refractivity contribution in [2.45, 2.75) is 20.3 Å². The van der Waals surface area contributed by atoms with E-state index in [4.69, 9.17) is 25.8 Å². The predicted molar refractivity (Wildman–Crippen MR) is 137 cm³/mol. The van der Waals surface area contributed by atoms with E-state index in [1.807, 2.05) is 13.8 Å². The number of carbonyl (C=O) groups excluding carboxylic acids is 4. The van der Waals surface area contributed by atoms with Gasteiger partial charge in [0.2, 0.25) is 5.91 Å². The number of hydrogen-bond acceptors (Lipinski definition) is 8. The largest absolute Gasteiger partial charge is 0.493 e. The Balaban J connectivity index is 1.73. The molecule has 1 aliphatic heterocycles. The average Bonchev–Trinajstić information content (AvgIpc) is 3.12. The zero-order valence-corrected chi connectivity index (χ0v) is 21.5. The van der Waals surface area contributed by atoms with Crippen LogP contribution < -0.4 is 14.8 Å². The first-order valence-corrected chi connectivity index (χ1v) is 12.3. The number of benzene rings is 2. The molecule has 1 heterocycles. The molecule has 190 valence electrons. The van der Waals surface area contributed by atoms with Crippen LogP contribution in [0.25, 0.3) is 6.08 Å². The number of para-hydroxylation sites is 1. The highest BCUT2D eigenvalue weighted by atomic mass is 35.5. The van der Waals surface area contributed by atoms with Crippen LogP contribution in [0.2, 0.25) is 5.02 Å². The Bertz CT molecular complexity index is 1210. The molecule has 3 amide bonds. The van der Waals surface area contributed by atoms with Crippen LogP contribution in [0.15, 0.2) is 41.3 Å². The molecule has 0 aliphatic carbocycles. The van der Waals surface area contributed by atoms with Crippen molar-refractivity contribution in [3.63, 3.8) is 0 Å². The minimum absolute atomic E-state index is 0.0976. The van der Waals surface area contributed by atoms with E-state index in [1.165, 1.54) is 31.4 Å². The number of carbonyl (C=O) groups is 4. The van der Waals surface area contributed by atoms with Crippen molar-refractivity contribution in [2.24, 2.45) is 0 Å². The molecule has 3 rings (SSSR count). The molecule has 1 N–H and O–H groups in total. The van der Waals surface area contributed by atoms with Crippen molar-refractivity contribution in [1.29, 1.82) is 0 Å². The van der Waals surface area contributed by atoms with Crippen molar-refractivity contribution >= 4 is 58.1 Å². The molecular formula is C25H25ClN2O7S. The van der Waals surface area contributed by atoms with Crippen LogP contribution >= 0.6 is 23.4 Å². The zero-order chi connectivity index (χ0) is 26.2. The third-order valence-electron chi connectivity index (χ3n) is 4.89. The lowest BCUT2D eigenvalue weighted by Gasteiger charge is -2.14. The summed E-state index contributed by atoms with van der Waals surface area (Å²) in [7, 11) is 1.51. The highest BCUT2D eigenvalue weighted by molar-refractivity contribution is 8.18. The van der Waals surface area contributed by atoms with E-state index in [2.05, 4.69) is 5.32 Å². The third kappa shape index (κ3) is 6.38. The van der Waals surface area contributed by atoms with Gasteiger partial charge in [0.25, 0.3) is 11.1 Å². The summed E-state index contributed by atoms with van der Waals surface area (Å²) in [5.74, 6) is -0.901. The Labute approximate surface area is 217 Å². The van der Waals surface area contributed by atoms with E-state index in [9.17, 15) is 19.2 Å². The molecule has 9 nitrogen and oxygen atoms in total. The number of nitrogens with one attached hydrogen (secondary N) is 1. The Morgan fingerprint density at radius 3 is 2.64 bits per heavy atom. The fourth-order valence-corrected chi connectivity index (χ4v) is 4.28. The summed E-state index contributed by atoms with van der Waals surface area (Å²) < 4.78 is 16.1. The second kappa shape index (κ2) is 12.5. The number of methoxy groups -OCH3 is 1. The standard InChI is InChI=1S/C25H25ClN2O7S/c1-4-11-35-24(31)17-13-16(9-10-18(17)26)27-21(29)14-28-23(30)20(36-25(28)32)12-15-7-6-8-19(33-3)22(15)34-5-2/h6-10,12-13H,4-5,11,14H2,1-3H3,(H,27,29)/b20-12+. The summed E-state index contributed by atoms with van der Waals surface area (Å²) in [6.45, 7) is 3.79. The minimum atomic E-state index is -0.620. The summed E-state index contributed by atoms with van der Waals surface area (Å²) in [6.07, 6.45) is 2.18. The lowest BCUT2D eigenvalue weighted by atomic mass is 10.1. The van der Waals surface area contributed by atoms with Gasteiger partial charge in [-0.1, -0.05) is 30.7 Å². The van der Waals surface area contributed by atoms with E-state index < -0.39 is 29.6 Å². The molecule has 2 aromatic rings. The number of imide groups is 1. The van der Waals surface area contributed by atoms with Gasteiger partial charge in [0.1, 0.15) is 6.54 Å². The van der Waals surface area contributed by atoms with Gasteiger partial charge < -0.3 is 19.5 Å². The molecule has 1 aliphatic rings. The van der Waals surface area contributed by atoms with E-state index in [1.54, 1.807) is 18.2 Å². The maximum absolute atomic E-state index is 12.9. The van der Waals surface area contributed by atoms with Gasteiger partial charge >= 0.3 is 5.97 Å². The highest BCUT2D eigenvalue weighted by Crippen LogP contribution is 2.37. The number of amides is 3. The summed E-state index contributed by atoms with van der Waals surface area (Å²) >= 11 is 6.80. The van der Waals surface area contributed by atoms with Gasteiger partial charge in [-0.3, -0.25) is 19.3 Å². The van der Waals surface area contributed by atoms with Gasteiger partial charge in [-0.2, -0.15) is 0 Å². The quantitative estimate of drug-likeness (QED) is 0.336. The number of ether oxygens (including phenoxy) is 3. The van der Waals surface area contributed by atoms with Gasteiger partial charge in [-0.15, -0.1) is 0 Å². The Morgan fingerprint density at radius 1 is 1.17 bits per heavy atom. The van der Waals surface area contributed by atoms with Crippen molar-refractivity contribution in [3.8, 4) is 11.5 Å². The SMILES string of the molecule is CCCOC(=O)c1cc(NC(=O)CN2C(=O)S/C(=C/c3cccc(OC)c3OCC)C2=O)ccc1Cl. The zero-order valence-electron chi connectivity index (χ0n) is 20.0. The second-order valence-electron chi connectivity index (χ2n) is 7.46. The maximum Gasteiger partial charge on any atom is 0.339 e. The Morgan fingerprint density at radius 2 is 1.94 bits per heavy atom. The number of thioether (sulfide) groups is 1. The van der Waals surface area contributed by atoms with E-state index in [0.29, 0.717) is 30.1 Å². The number of rotatable bonds is 10. The van der Waals surface area contributed by atoms with Crippen molar-refractivity contribution in [2.75, 3.05) is 32.2 Å². The molecule has 0 bridgehead atoms. The topological polar surface area (TPSA) is 111 Å². The molecule has 0 saturated carbocycles. The van der Waals surface area contributed by atoms with Crippen molar-refractivity contribution < 1.29 is 33.4 Å². The van der Waals surface area contributed by atoms with Gasteiger partial charge in [0.15, 0.2) is 11.5 Å². The van der Waals surface area contributed by atoms with Crippen LogP contribution in [0.5, 0.6) is 11.5 Å². The molecule has 0 spiro atoms. The third-order valence-corrected chi connectivity index (χ3v) is 6.12. The summed E-state index contributed by atoms with van der Waals surface area (Å²) in [5.41, 5.74) is 0.934. The molecule has 1 fully saturated rings. The van der Waals surface area contributed by atoms with Crippen LogP contribution in [0.1, 0.15) is 36.2 Å². The summed E-state index contributed by atoms with van der Waals surface area (Å²) in [5, 5.41) is 2.17. The first-order chi connectivity index (χ1) is 17.3. The first kappa shape index (κ1) is 27.1. The molecule has 36 heavy (non-hydrogen) atoms. The van der Waals surface area contributed by atoms with Gasteiger partial charge in [0.05, 0.1) is 35.8 Å². The number of hydrogen-bond donors (Lipinski definition) is 1. The van der Waals surface area contributed by atoms with Crippen LogP contribution in [0, 0.1) is 0 Å². The monoisotopic (exact) mass is 532 g/mol. The highest BCUT2D eigenvalue weighted by Gasteiger charge is 2.36. The van der Waals surface area contributed by atoms with E-state index in [0.717, 1.165) is 16.7 Å². The average molecular weight is 533 g/mol. The van der Waals surface area contributed by atoms with Gasteiger partial charge in [-0.25, -0.2) is 4.79 Å². The summed E-state index contributed by atoms with van der Waals surface area (Å²) in [6, 6.07) is 9.53. The van der Waals surface area contributed by atoms with Crippen LogP contribution in [-0.4, -0.2) is 54.8 Å². The van der Waals surface area contributed by atoms with Gasteiger partial charge in [-0.05, 0) is 55.4 Å². The lowest BCUT2D eigenvalue weighted by molar-refractivity contribution is -0.127. The molecule has 0 radical (unpaired) electrons. The fraction of sp³-hybridized carbons (Fsp3) is 0.280. The molecule has 1 saturated heterocycles.